The van der Waals surface area contributed by atoms with Crippen molar-refractivity contribution in [1.82, 2.24) is 10.2 Å². The number of imide groups is 1. The van der Waals surface area contributed by atoms with Gasteiger partial charge in [0.2, 0.25) is 5.91 Å². The molecule has 1 N–H and O–H groups in total. The molecule has 2 aromatic rings. The summed E-state index contributed by atoms with van der Waals surface area (Å²) in [5.74, 6) is -2.77. The molecule has 1 aliphatic heterocycles. The fourth-order valence-corrected chi connectivity index (χ4v) is 2.90. The number of rotatable bonds is 5. The van der Waals surface area contributed by atoms with E-state index >= 15 is 0 Å². The van der Waals surface area contributed by atoms with Crippen LogP contribution in [0, 0.1) is 11.6 Å². The van der Waals surface area contributed by atoms with Gasteiger partial charge in [-0.25, -0.2) is 8.78 Å². The van der Waals surface area contributed by atoms with Gasteiger partial charge in [-0.2, -0.15) is 0 Å². The van der Waals surface area contributed by atoms with Gasteiger partial charge in [0.25, 0.3) is 11.8 Å². The van der Waals surface area contributed by atoms with E-state index in [2.05, 4.69) is 5.32 Å². The van der Waals surface area contributed by atoms with Gasteiger partial charge in [-0.15, -0.1) is 0 Å². The third-order valence-corrected chi connectivity index (χ3v) is 4.25. The van der Waals surface area contributed by atoms with Crippen LogP contribution in [-0.4, -0.2) is 29.2 Å². The normalized spacial score (nSPS) is 14.3. The van der Waals surface area contributed by atoms with E-state index in [1.54, 1.807) is 31.2 Å². The molecule has 0 unspecified atom stereocenters. The molecule has 1 aliphatic rings. The molecule has 0 fully saturated rings. The van der Waals surface area contributed by atoms with Crippen molar-refractivity contribution in [3.8, 4) is 0 Å². The van der Waals surface area contributed by atoms with Crippen LogP contribution in [0.5, 0.6) is 0 Å². The predicted molar refractivity (Wildman–Crippen MR) is 89.3 cm³/mol. The summed E-state index contributed by atoms with van der Waals surface area (Å²) in [4.78, 5) is 37.6. The van der Waals surface area contributed by atoms with Gasteiger partial charge < -0.3 is 5.32 Å². The lowest BCUT2D eigenvalue weighted by Crippen LogP contribution is -2.35. The average molecular weight is 358 g/mol. The minimum Gasteiger partial charge on any atom is -0.349 e. The first-order valence-electron chi connectivity index (χ1n) is 8.08. The number of carbonyl (C=O) groups is 3. The first kappa shape index (κ1) is 17.7. The Morgan fingerprint density at radius 3 is 2.27 bits per heavy atom. The Kier molecular flexibility index (Phi) is 4.79. The fourth-order valence-electron chi connectivity index (χ4n) is 2.90. The Bertz CT molecular complexity index is 863. The van der Waals surface area contributed by atoms with Crippen LogP contribution in [0.4, 0.5) is 8.78 Å². The first-order valence-corrected chi connectivity index (χ1v) is 8.08. The summed E-state index contributed by atoms with van der Waals surface area (Å²) in [6.07, 6.45) is -0.112. The summed E-state index contributed by atoms with van der Waals surface area (Å²) >= 11 is 0. The number of nitrogens with zero attached hydrogens (tertiary/aromatic N) is 1. The van der Waals surface area contributed by atoms with Crippen LogP contribution in [0.3, 0.4) is 0 Å². The molecular formula is C19H16F2N2O3. The standard InChI is InChI=1S/C19H16F2N2O3/c1-11(13-7-6-12(20)10-16(13)21)22-17(24)8-9-23-18(25)14-4-2-3-5-15(14)19(23)26/h2-7,10-11H,8-9H2,1H3,(H,22,24)/t11-/m1/s1. The van der Waals surface area contributed by atoms with Crippen molar-refractivity contribution >= 4 is 17.7 Å². The molecule has 0 radical (unpaired) electrons. The van der Waals surface area contributed by atoms with E-state index in [1.807, 2.05) is 0 Å². The molecule has 3 rings (SSSR count). The van der Waals surface area contributed by atoms with Crippen molar-refractivity contribution in [2.45, 2.75) is 19.4 Å². The van der Waals surface area contributed by atoms with Gasteiger partial charge >= 0.3 is 0 Å². The average Bonchev–Trinajstić information content (AvgIpc) is 2.84. The van der Waals surface area contributed by atoms with Crippen LogP contribution < -0.4 is 5.32 Å². The van der Waals surface area contributed by atoms with Gasteiger partial charge in [0.1, 0.15) is 11.6 Å². The van der Waals surface area contributed by atoms with Crippen molar-refractivity contribution in [1.29, 1.82) is 0 Å². The van der Waals surface area contributed by atoms with Gasteiger partial charge in [-0.1, -0.05) is 18.2 Å². The highest BCUT2D eigenvalue weighted by atomic mass is 19.1. The maximum Gasteiger partial charge on any atom is 0.261 e. The number of hydrogen-bond donors (Lipinski definition) is 1. The molecule has 1 heterocycles. The highest BCUT2D eigenvalue weighted by Gasteiger charge is 2.35. The summed E-state index contributed by atoms with van der Waals surface area (Å²) < 4.78 is 26.7. The topological polar surface area (TPSA) is 66.5 Å². The highest BCUT2D eigenvalue weighted by molar-refractivity contribution is 6.21. The Labute approximate surface area is 148 Å². The molecule has 0 aliphatic carbocycles. The monoisotopic (exact) mass is 358 g/mol. The summed E-state index contributed by atoms with van der Waals surface area (Å²) in [5.41, 5.74) is 0.791. The quantitative estimate of drug-likeness (QED) is 0.836. The zero-order valence-electron chi connectivity index (χ0n) is 14.0. The van der Waals surface area contributed by atoms with Crippen molar-refractivity contribution in [2.24, 2.45) is 0 Å². The van der Waals surface area contributed by atoms with Crippen molar-refractivity contribution in [3.63, 3.8) is 0 Å². The lowest BCUT2D eigenvalue weighted by atomic mass is 10.1. The third kappa shape index (κ3) is 3.33. The van der Waals surface area contributed by atoms with Crippen LogP contribution >= 0.6 is 0 Å². The third-order valence-electron chi connectivity index (χ3n) is 4.25. The van der Waals surface area contributed by atoms with E-state index in [-0.39, 0.29) is 18.5 Å². The number of amides is 3. The SMILES string of the molecule is C[C@@H](NC(=O)CCN1C(=O)c2ccccc2C1=O)c1ccc(F)cc1F. The number of nitrogens with one attached hydrogen (secondary N) is 1. The van der Waals surface area contributed by atoms with Crippen LogP contribution in [0.1, 0.15) is 45.7 Å². The zero-order valence-corrected chi connectivity index (χ0v) is 14.0. The lowest BCUT2D eigenvalue weighted by molar-refractivity contribution is -0.121. The van der Waals surface area contributed by atoms with E-state index in [4.69, 9.17) is 0 Å². The first-order chi connectivity index (χ1) is 12.4. The number of benzene rings is 2. The second-order valence-corrected chi connectivity index (χ2v) is 6.01. The second kappa shape index (κ2) is 7.03. The molecule has 0 saturated carbocycles. The largest absolute Gasteiger partial charge is 0.349 e. The second-order valence-electron chi connectivity index (χ2n) is 6.01. The number of hydrogen-bond acceptors (Lipinski definition) is 3. The molecule has 2 aromatic carbocycles. The van der Waals surface area contributed by atoms with Crippen LogP contribution in [-0.2, 0) is 4.79 Å². The Hall–Kier alpha value is -3.09. The van der Waals surface area contributed by atoms with Crippen molar-refractivity contribution in [2.75, 3.05) is 6.54 Å². The number of fused-ring (bicyclic) bond motifs is 1. The molecule has 0 bridgehead atoms. The van der Waals surface area contributed by atoms with Crippen molar-refractivity contribution < 1.29 is 23.2 Å². The molecule has 5 nitrogen and oxygen atoms in total. The summed E-state index contributed by atoms with van der Waals surface area (Å²) in [6.45, 7) is 1.49. The molecule has 1 atom stereocenters. The molecule has 0 spiro atoms. The molecule has 3 amide bonds. The van der Waals surface area contributed by atoms with E-state index in [9.17, 15) is 23.2 Å². The van der Waals surface area contributed by atoms with Gasteiger partial charge in [-0.05, 0) is 25.1 Å². The molecule has 26 heavy (non-hydrogen) atoms. The zero-order chi connectivity index (χ0) is 18.8. The van der Waals surface area contributed by atoms with Gasteiger partial charge in [0.15, 0.2) is 0 Å². The number of halogens is 2. The van der Waals surface area contributed by atoms with Crippen LogP contribution in [0.15, 0.2) is 42.5 Å². The fraction of sp³-hybridized carbons (Fsp3) is 0.211. The van der Waals surface area contributed by atoms with E-state index in [0.717, 1.165) is 17.0 Å². The summed E-state index contributed by atoms with van der Waals surface area (Å²) in [6, 6.07) is 8.91. The molecular weight excluding hydrogens is 342 g/mol. The van der Waals surface area contributed by atoms with Gasteiger partial charge in [0.05, 0.1) is 17.2 Å². The van der Waals surface area contributed by atoms with Crippen LogP contribution in [0.25, 0.3) is 0 Å². The van der Waals surface area contributed by atoms with Gasteiger partial charge in [0, 0.05) is 24.6 Å². The summed E-state index contributed by atoms with van der Waals surface area (Å²) in [7, 11) is 0. The highest BCUT2D eigenvalue weighted by Crippen LogP contribution is 2.22. The van der Waals surface area contributed by atoms with E-state index < -0.39 is 35.4 Å². The maximum absolute atomic E-state index is 13.7. The Morgan fingerprint density at radius 2 is 1.69 bits per heavy atom. The Morgan fingerprint density at radius 1 is 1.08 bits per heavy atom. The van der Waals surface area contributed by atoms with E-state index in [1.165, 1.54) is 6.07 Å². The molecule has 134 valence electrons. The maximum atomic E-state index is 13.7. The van der Waals surface area contributed by atoms with Crippen LogP contribution in [0.2, 0.25) is 0 Å². The minimum absolute atomic E-state index is 0.0726. The predicted octanol–water partition coefficient (Wildman–Crippen LogP) is 2.83. The lowest BCUT2D eigenvalue weighted by Gasteiger charge is -2.17. The molecule has 7 heteroatoms. The smallest absolute Gasteiger partial charge is 0.261 e. The summed E-state index contributed by atoms with van der Waals surface area (Å²) in [5, 5.41) is 2.58. The molecule has 0 aromatic heterocycles. The molecule has 0 saturated heterocycles. The van der Waals surface area contributed by atoms with Gasteiger partial charge in [-0.3, -0.25) is 19.3 Å². The minimum atomic E-state index is -0.752. The van der Waals surface area contributed by atoms with E-state index in [0.29, 0.717) is 11.1 Å². The van der Waals surface area contributed by atoms with Crippen molar-refractivity contribution in [3.05, 3.63) is 70.8 Å². The Balaban J connectivity index is 1.60. The number of carbonyl (C=O) groups excluding carboxylic acids is 3.